The minimum Gasteiger partial charge on any atom is -0.347 e. The number of hydrogen-bond acceptors (Lipinski definition) is 3. The number of likely N-dealkylation sites (tertiary alicyclic amines) is 1. The number of fused-ring (bicyclic) bond motifs is 2. The summed E-state index contributed by atoms with van der Waals surface area (Å²) in [6.07, 6.45) is 2.25. The largest absolute Gasteiger partial charge is 0.347 e. The maximum Gasteiger partial charge on any atom is 0.242 e. The highest BCUT2D eigenvalue weighted by Crippen LogP contribution is 2.46. The number of nitrogens with one attached hydrogen (secondary N) is 1. The van der Waals surface area contributed by atoms with Crippen molar-refractivity contribution in [3.63, 3.8) is 0 Å². The fourth-order valence-electron chi connectivity index (χ4n) is 5.01. The first-order valence-corrected chi connectivity index (χ1v) is 9.08. The molecule has 4 aliphatic heterocycles. The average molecular weight is 345 g/mol. The van der Waals surface area contributed by atoms with E-state index < -0.39 is 0 Å². The van der Waals surface area contributed by atoms with Gasteiger partial charge in [0.05, 0.1) is 12.6 Å². The summed E-state index contributed by atoms with van der Waals surface area (Å²) in [6.45, 7) is 4.29. The predicted octanol–water partition coefficient (Wildman–Crippen LogP) is 1.35. The van der Waals surface area contributed by atoms with Crippen LogP contribution in [0.5, 0.6) is 0 Å². The molecule has 0 radical (unpaired) electrons. The molecule has 0 spiro atoms. The van der Waals surface area contributed by atoms with Crippen LogP contribution in [-0.2, 0) is 9.59 Å². The molecule has 25 heavy (non-hydrogen) atoms. The Labute approximate surface area is 147 Å². The van der Waals surface area contributed by atoms with E-state index in [0.717, 1.165) is 31.5 Å². The van der Waals surface area contributed by atoms with Gasteiger partial charge in [0.15, 0.2) is 0 Å². The van der Waals surface area contributed by atoms with Crippen molar-refractivity contribution in [1.82, 2.24) is 15.1 Å². The molecule has 134 valence electrons. The van der Waals surface area contributed by atoms with Crippen molar-refractivity contribution in [2.24, 2.45) is 5.92 Å². The first-order valence-electron chi connectivity index (χ1n) is 9.08. The molecule has 5 nitrogen and oxygen atoms in total. The summed E-state index contributed by atoms with van der Waals surface area (Å²) in [5.41, 5.74) is 1.10. The molecular weight excluding hydrogens is 321 g/mol. The minimum absolute atomic E-state index is 0.0106. The summed E-state index contributed by atoms with van der Waals surface area (Å²) in [6, 6.07) is 7.22. The van der Waals surface area contributed by atoms with E-state index in [1.165, 1.54) is 19.1 Å². The molecule has 4 saturated heterocycles. The Balaban J connectivity index is 1.62. The number of carbonyl (C=O) groups is 2. The van der Waals surface area contributed by atoms with Gasteiger partial charge in [-0.05, 0) is 49.5 Å². The van der Waals surface area contributed by atoms with Gasteiger partial charge in [0, 0.05) is 25.4 Å². The van der Waals surface area contributed by atoms with E-state index in [0.29, 0.717) is 18.5 Å². The van der Waals surface area contributed by atoms with Crippen LogP contribution in [-0.4, -0.2) is 59.9 Å². The summed E-state index contributed by atoms with van der Waals surface area (Å²) in [4.78, 5) is 28.4. The van der Waals surface area contributed by atoms with Gasteiger partial charge in [-0.25, -0.2) is 4.39 Å². The standard InChI is InChI=1S/C19H24FN3O2/c1-12(24)21-10-17(25)23-11-16(13-2-4-15(20)5-3-13)19-18(23)14-6-8-22(19)9-7-14/h2-5,14,16,18-19H,6-11H2,1H3,(H,21,24)/t16-,18+,19+/m0/s1. The van der Waals surface area contributed by atoms with Crippen LogP contribution in [0, 0.1) is 11.7 Å². The summed E-state index contributed by atoms with van der Waals surface area (Å²) in [5, 5.41) is 2.63. The highest BCUT2D eigenvalue weighted by Gasteiger charge is 2.54. The highest BCUT2D eigenvalue weighted by molar-refractivity contribution is 5.84. The molecule has 6 heteroatoms. The molecule has 1 aromatic rings. The summed E-state index contributed by atoms with van der Waals surface area (Å²) in [5.74, 6) is 0.302. The highest BCUT2D eigenvalue weighted by atomic mass is 19.1. The molecule has 0 aromatic heterocycles. The lowest BCUT2D eigenvalue weighted by molar-refractivity contribution is -0.136. The summed E-state index contributed by atoms with van der Waals surface area (Å²) in [7, 11) is 0. The number of hydrogen-bond donors (Lipinski definition) is 1. The van der Waals surface area contributed by atoms with Crippen molar-refractivity contribution in [2.75, 3.05) is 26.2 Å². The Morgan fingerprint density at radius 1 is 1.16 bits per heavy atom. The van der Waals surface area contributed by atoms with Crippen LogP contribution < -0.4 is 5.32 Å². The molecule has 0 saturated carbocycles. The minimum atomic E-state index is -0.234. The SMILES string of the molecule is CC(=O)NCC(=O)N1C[C@@H](c2ccc(F)cc2)[C@@H]2[C@H]1C1CCN2CC1. The van der Waals surface area contributed by atoms with Gasteiger partial charge in [-0.3, -0.25) is 14.5 Å². The Morgan fingerprint density at radius 2 is 1.84 bits per heavy atom. The number of piperidine rings is 3. The molecular formula is C19H24FN3O2. The van der Waals surface area contributed by atoms with Crippen LogP contribution in [0.4, 0.5) is 4.39 Å². The van der Waals surface area contributed by atoms with Gasteiger partial charge in [0.25, 0.3) is 0 Å². The van der Waals surface area contributed by atoms with Gasteiger partial charge >= 0.3 is 0 Å². The Morgan fingerprint density at radius 3 is 2.48 bits per heavy atom. The van der Waals surface area contributed by atoms with Crippen LogP contribution in [0.2, 0.25) is 0 Å². The topological polar surface area (TPSA) is 52.7 Å². The maximum absolute atomic E-state index is 13.3. The zero-order valence-electron chi connectivity index (χ0n) is 14.5. The zero-order chi connectivity index (χ0) is 17.6. The van der Waals surface area contributed by atoms with Crippen molar-refractivity contribution >= 4 is 11.8 Å². The van der Waals surface area contributed by atoms with Gasteiger partial charge in [0.1, 0.15) is 5.82 Å². The molecule has 5 rings (SSSR count). The number of nitrogens with zero attached hydrogens (tertiary/aromatic N) is 2. The zero-order valence-corrected chi connectivity index (χ0v) is 14.5. The molecule has 0 aliphatic carbocycles. The number of halogens is 1. The van der Waals surface area contributed by atoms with Crippen molar-refractivity contribution in [2.45, 2.75) is 37.8 Å². The quantitative estimate of drug-likeness (QED) is 0.900. The van der Waals surface area contributed by atoms with E-state index in [1.807, 2.05) is 17.0 Å². The number of benzene rings is 1. The Hall–Kier alpha value is -1.95. The van der Waals surface area contributed by atoms with Gasteiger partial charge in [-0.1, -0.05) is 12.1 Å². The third kappa shape index (κ3) is 2.92. The van der Waals surface area contributed by atoms with Crippen molar-refractivity contribution < 1.29 is 14.0 Å². The van der Waals surface area contributed by atoms with Crippen molar-refractivity contribution in [1.29, 1.82) is 0 Å². The van der Waals surface area contributed by atoms with Gasteiger partial charge in [-0.15, -0.1) is 0 Å². The lowest BCUT2D eigenvalue weighted by atomic mass is 9.75. The smallest absolute Gasteiger partial charge is 0.242 e. The fourth-order valence-corrected chi connectivity index (χ4v) is 5.01. The third-order valence-corrected chi connectivity index (χ3v) is 6.10. The number of rotatable bonds is 3. The molecule has 1 N–H and O–H groups in total. The third-order valence-electron chi connectivity index (χ3n) is 6.10. The summed E-state index contributed by atoms with van der Waals surface area (Å²) >= 11 is 0. The second-order valence-corrected chi connectivity index (χ2v) is 7.47. The molecule has 2 amide bonds. The predicted molar refractivity (Wildman–Crippen MR) is 91.4 cm³/mol. The first kappa shape index (κ1) is 16.5. The maximum atomic E-state index is 13.3. The lowest BCUT2D eigenvalue weighted by Gasteiger charge is -2.51. The van der Waals surface area contributed by atoms with Gasteiger partial charge in [-0.2, -0.15) is 0 Å². The molecule has 2 bridgehead atoms. The molecule has 4 fully saturated rings. The van der Waals surface area contributed by atoms with E-state index in [4.69, 9.17) is 0 Å². The van der Waals surface area contributed by atoms with Gasteiger partial charge in [0.2, 0.25) is 11.8 Å². The second-order valence-electron chi connectivity index (χ2n) is 7.47. The molecule has 0 unspecified atom stereocenters. The van der Waals surface area contributed by atoms with Crippen molar-refractivity contribution in [3.8, 4) is 0 Å². The van der Waals surface area contributed by atoms with E-state index in [9.17, 15) is 14.0 Å². The van der Waals surface area contributed by atoms with E-state index >= 15 is 0 Å². The van der Waals surface area contributed by atoms with Gasteiger partial charge < -0.3 is 10.2 Å². The molecule has 1 aromatic carbocycles. The summed E-state index contributed by atoms with van der Waals surface area (Å²) < 4.78 is 13.3. The molecule has 3 atom stereocenters. The van der Waals surface area contributed by atoms with E-state index in [2.05, 4.69) is 10.2 Å². The van der Waals surface area contributed by atoms with Crippen LogP contribution in [0.25, 0.3) is 0 Å². The number of carbonyl (C=O) groups excluding carboxylic acids is 2. The molecule has 4 aliphatic rings. The van der Waals surface area contributed by atoms with Crippen LogP contribution >= 0.6 is 0 Å². The molecule has 4 heterocycles. The van der Waals surface area contributed by atoms with Crippen LogP contribution in [0.3, 0.4) is 0 Å². The van der Waals surface area contributed by atoms with E-state index in [1.54, 1.807) is 0 Å². The fraction of sp³-hybridized carbons (Fsp3) is 0.579. The Kier molecular flexibility index (Phi) is 4.23. The van der Waals surface area contributed by atoms with Crippen LogP contribution in [0.1, 0.15) is 31.2 Å². The van der Waals surface area contributed by atoms with Crippen molar-refractivity contribution in [3.05, 3.63) is 35.6 Å². The monoisotopic (exact) mass is 345 g/mol. The Bertz CT molecular complexity index is 670. The normalized spacial score (nSPS) is 33.2. The average Bonchev–Trinajstić information content (AvgIpc) is 3.04. The van der Waals surface area contributed by atoms with Crippen LogP contribution in [0.15, 0.2) is 24.3 Å². The second kappa shape index (κ2) is 6.41. The van der Waals surface area contributed by atoms with E-state index in [-0.39, 0.29) is 36.1 Å². The number of amides is 2. The lowest BCUT2D eigenvalue weighted by Crippen LogP contribution is -2.61. The first-order chi connectivity index (χ1) is 12.0.